The lowest BCUT2D eigenvalue weighted by atomic mass is 9.96. The number of carbonyl (C=O) groups is 4. The summed E-state index contributed by atoms with van der Waals surface area (Å²) in [4.78, 5) is 44.3. The Morgan fingerprint density at radius 3 is 1.95 bits per heavy atom. The molecule has 0 atom stereocenters. The molecule has 0 aliphatic rings. The van der Waals surface area contributed by atoms with Crippen LogP contribution < -0.4 is 0 Å². The molecule has 0 aliphatic heterocycles. The van der Waals surface area contributed by atoms with Crippen LogP contribution in [0.2, 0.25) is 0 Å². The van der Waals surface area contributed by atoms with E-state index in [1.165, 1.54) is 19.1 Å². The van der Waals surface area contributed by atoms with Crippen LogP contribution in [-0.2, 0) is 25.6 Å². The summed E-state index contributed by atoms with van der Waals surface area (Å²) in [7, 11) is 0. The Labute approximate surface area is 127 Å². The van der Waals surface area contributed by atoms with Gasteiger partial charge in [-0.3, -0.25) is 14.4 Å². The molecule has 0 radical (unpaired) electrons. The van der Waals surface area contributed by atoms with E-state index in [1.807, 2.05) is 0 Å². The maximum atomic E-state index is 11.7. The predicted molar refractivity (Wildman–Crippen MR) is 77.7 cm³/mol. The molecule has 0 fully saturated rings. The van der Waals surface area contributed by atoms with Gasteiger partial charge in [0, 0.05) is 19.3 Å². The minimum Gasteiger partial charge on any atom is -0.480 e. The number of aliphatic carboxylic acids is 2. The molecule has 118 valence electrons. The molecule has 2 N–H and O–H groups in total. The lowest BCUT2D eigenvalue weighted by Crippen LogP contribution is -2.21. The molecular weight excluding hydrogens is 288 g/mol. The summed E-state index contributed by atoms with van der Waals surface area (Å²) in [5.74, 6) is -4.44. The van der Waals surface area contributed by atoms with Gasteiger partial charge in [-0.1, -0.05) is 24.3 Å². The normalized spacial score (nSPS) is 10.5. The van der Waals surface area contributed by atoms with Crippen LogP contribution in [0.1, 0.15) is 43.2 Å². The van der Waals surface area contributed by atoms with Crippen LogP contribution in [0, 0.1) is 0 Å². The molecule has 0 aliphatic carbocycles. The van der Waals surface area contributed by atoms with E-state index >= 15 is 0 Å². The van der Waals surface area contributed by atoms with Crippen LogP contribution >= 0.6 is 0 Å². The maximum absolute atomic E-state index is 11.7. The van der Waals surface area contributed by atoms with Crippen molar-refractivity contribution in [1.29, 1.82) is 0 Å². The number of carboxylic acids is 2. The van der Waals surface area contributed by atoms with Gasteiger partial charge in [-0.15, -0.1) is 0 Å². The van der Waals surface area contributed by atoms with Crippen molar-refractivity contribution in [3.8, 4) is 0 Å². The largest absolute Gasteiger partial charge is 0.480 e. The minimum absolute atomic E-state index is 0.0120. The highest BCUT2D eigenvalue weighted by Gasteiger charge is 2.27. The van der Waals surface area contributed by atoms with Crippen LogP contribution in [0.5, 0.6) is 0 Å². The molecule has 0 heterocycles. The number of rotatable bonds is 9. The van der Waals surface area contributed by atoms with Gasteiger partial charge in [0.1, 0.15) is 11.6 Å². The third kappa shape index (κ3) is 5.47. The maximum Gasteiger partial charge on any atom is 0.322 e. The number of ketones is 2. The van der Waals surface area contributed by atoms with Crippen LogP contribution in [0.15, 0.2) is 24.3 Å². The van der Waals surface area contributed by atoms with Gasteiger partial charge in [-0.2, -0.15) is 0 Å². The van der Waals surface area contributed by atoms with Crippen LogP contribution in [0.4, 0.5) is 0 Å². The Kier molecular flexibility index (Phi) is 6.44. The molecule has 0 bridgehead atoms. The summed E-state index contributed by atoms with van der Waals surface area (Å²) in [6.45, 7) is 1.48. The Morgan fingerprint density at radius 2 is 1.50 bits per heavy atom. The Bertz CT molecular complexity index is 559. The highest BCUT2D eigenvalue weighted by Crippen LogP contribution is 2.18. The summed E-state index contributed by atoms with van der Waals surface area (Å²) < 4.78 is 0. The third-order valence-corrected chi connectivity index (χ3v) is 3.19. The van der Waals surface area contributed by atoms with Crippen molar-refractivity contribution in [3.63, 3.8) is 0 Å². The predicted octanol–water partition coefficient (Wildman–Crippen LogP) is 1.81. The van der Waals surface area contributed by atoms with Crippen molar-refractivity contribution < 1.29 is 29.4 Å². The summed E-state index contributed by atoms with van der Waals surface area (Å²) in [6, 6.07) is 5.92. The quantitative estimate of drug-likeness (QED) is 0.673. The number of benzene rings is 1. The van der Waals surface area contributed by atoms with Crippen molar-refractivity contribution in [2.24, 2.45) is 0 Å². The summed E-state index contributed by atoms with van der Waals surface area (Å²) in [5, 5.41) is 17.8. The molecule has 0 unspecified atom stereocenters. The van der Waals surface area contributed by atoms with Crippen molar-refractivity contribution in [2.75, 3.05) is 0 Å². The van der Waals surface area contributed by atoms with E-state index in [-0.39, 0.29) is 23.6 Å². The monoisotopic (exact) mass is 306 g/mol. The molecule has 0 amide bonds. The van der Waals surface area contributed by atoms with Crippen LogP contribution in [0.3, 0.4) is 0 Å². The van der Waals surface area contributed by atoms with Gasteiger partial charge < -0.3 is 15.0 Å². The average Bonchev–Trinajstić information content (AvgIpc) is 2.39. The van der Waals surface area contributed by atoms with E-state index in [2.05, 4.69) is 0 Å². The minimum atomic E-state index is -1.61. The van der Waals surface area contributed by atoms with Gasteiger partial charge in [0.25, 0.3) is 0 Å². The first-order valence-electron chi connectivity index (χ1n) is 6.87. The molecule has 0 saturated heterocycles. The van der Waals surface area contributed by atoms with Crippen LogP contribution in [-0.4, -0.2) is 33.7 Å². The second kappa shape index (κ2) is 8.07. The van der Waals surface area contributed by atoms with Gasteiger partial charge in [0.2, 0.25) is 0 Å². The second-order valence-corrected chi connectivity index (χ2v) is 5.12. The number of hydrogen-bond donors (Lipinski definition) is 2. The molecule has 6 nitrogen and oxygen atoms in total. The van der Waals surface area contributed by atoms with E-state index in [0.717, 1.165) is 0 Å². The van der Waals surface area contributed by atoms with E-state index in [1.54, 1.807) is 12.1 Å². The van der Waals surface area contributed by atoms with Gasteiger partial charge >= 0.3 is 11.9 Å². The first kappa shape index (κ1) is 17.6. The van der Waals surface area contributed by atoms with E-state index in [9.17, 15) is 19.2 Å². The van der Waals surface area contributed by atoms with Gasteiger partial charge in [-0.25, -0.2) is 0 Å². The molecular formula is C16H18O6. The standard InChI is InChI=1S/C16H18O6/c1-10(17)3-2-4-13(18)9-11-5-7-12(8-6-11)14(15(19)20)16(21)22/h5-8,14H,2-4,9H2,1H3,(H,19,20)(H,21,22). The number of hydrogen-bond acceptors (Lipinski definition) is 4. The highest BCUT2D eigenvalue weighted by atomic mass is 16.4. The first-order chi connectivity index (χ1) is 10.3. The molecule has 1 aromatic rings. The number of carboxylic acid groups (broad SMARTS) is 2. The lowest BCUT2D eigenvalue weighted by molar-refractivity contribution is -0.150. The highest BCUT2D eigenvalue weighted by molar-refractivity contribution is 5.99. The lowest BCUT2D eigenvalue weighted by Gasteiger charge is -2.08. The summed E-state index contributed by atoms with van der Waals surface area (Å²) in [5.41, 5.74) is 0.846. The van der Waals surface area contributed by atoms with E-state index in [0.29, 0.717) is 24.8 Å². The fourth-order valence-electron chi connectivity index (χ4n) is 2.07. The first-order valence-corrected chi connectivity index (χ1v) is 6.87. The molecule has 6 heteroatoms. The smallest absolute Gasteiger partial charge is 0.322 e. The Morgan fingerprint density at radius 1 is 0.955 bits per heavy atom. The van der Waals surface area contributed by atoms with Gasteiger partial charge in [0.15, 0.2) is 5.92 Å². The zero-order valence-electron chi connectivity index (χ0n) is 12.2. The van der Waals surface area contributed by atoms with Crippen LogP contribution in [0.25, 0.3) is 0 Å². The fraction of sp³-hybridized carbons (Fsp3) is 0.375. The zero-order chi connectivity index (χ0) is 16.7. The average molecular weight is 306 g/mol. The molecule has 1 aromatic carbocycles. The molecule has 1 rings (SSSR count). The number of Topliss-reactive ketones (excluding diaryl/α,β-unsaturated/α-hetero) is 2. The topological polar surface area (TPSA) is 109 Å². The summed E-state index contributed by atoms with van der Waals surface area (Å²) in [6.07, 6.45) is 1.40. The summed E-state index contributed by atoms with van der Waals surface area (Å²) >= 11 is 0. The second-order valence-electron chi connectivity index (χ2n) is 5.12. The van der Waals surface area contributed by atoms with Gasteiger partial charge in [0.05, 0.1) is 0 Å². The van der Waals surface area contributed by atoms with Crippen molar-refractivity contribution in [3.05, 3.63) is 35.4 Å². The van der Waals surface area contributed by atoms with Crippen molar-refractivity contribution in [1.82, 2.24) is 0 Å². The van der Waals surface area contributed by atoms with Crippen molar-refractivity contribution >= 4 is 23.5 Å². The van der Waals surface area contributed by atoms with Crippen molar-refractivity contribution in [2.45, 2.75) is 38.5 Å². The number of carbonyl (C=O) groups excluding carboxylic acids is 2. The van der Waals surface area contributed by atoms with E-state index < -0.39 is 17.9 Å². The SMILES string of the molecule is CC(=O)CCCC(=O)Cc1ccc(C(C(=O)O)C(=O)O)cc1. The fourth-order valence-corrected chi connectivity index (χ4v) is 2.07. The van der Waals surface area contributed by atoms with Gasteiger partial charge in [-0.05, 0) is 24.5 Å². The molecule has 0 saturated carbocycles. The van der Waals surface area contributed by atoms with E-state index in [4.69, 9.17) is 10.2 Å². The molecule has 22 heavy (non-hydrogen) atoms. The Hall–Kier alpha value is -2.50. The molecule has 0 spiro atoms. The molecule has 0 aromatic heterocycles. The third-order valence-electron chi connectivity index (χ3n) is 3.19. The Balaban J connectivity index is 2.65. The zero-order valence-corrected chi connectivity index (χ0v) is 12.2.